The van der Waals surface area contributed by atoms with Gasteiger partial charge in [-0.2, -0.15) is 0 Å². The van der Waals surface area contributed by atoms with E-state index in [0.29, 0.717) is 22.1 Å². The average Bonchev–Trinajstić information content (AvgIpc) is 3.35. The van der Waals surface area contributed by atoms with Gasteiger partial charge in [0.05, 0.1) is 28.9 Å². The summed E-state index contributed by atoms with van der Waals surface area (Å²) in [4.78, 5) is 33.5. The summed E-state index contributed by atoms with van der Waals surface area (Å²) in [5.74, 6) is 0.972. The van der Waals surface area contributed by atoms with Crippen LogP contribution in [0.5, 0.6) is 11.8 Å². The number of halogens is 1. The minimum absolute atomic E-state index is 0. The zero-order chi connectivity index (χ0) is 53.2. The first-order valence-corrected chi connectivity index (χ1v) is 25.1. The summed E-state index contributed by atoms with van der Waals surface area (Å²) in [6, 6.07) is 29.8. The van der Waals surface area contributed by atoms with E-state index in [9.17, 15) is 30.0 Å². The monoisotopic (exact) mass is 1190 g/mol. The van der Waals surface area contributed by atoms with Gasteiger partial charge >= 0.3 is 110 Å². The van der Waals surface area contributed by atoms with Crippen molar-refractivity contribution in [3.8, 4) is 34.0 Å². The van der Waals surface area contributed by atoms with Gasteiger partial charge in [-0.1, -0.05) is 59.8 Å². The molecule has 21 nitrogen and oxygen atoms in total. The van der Waals surface area contributed by atoms with Crippen molar-refractivity contribution >= 4 is 65.1 Å². The van der Waals surface area contributed by atoms with Crippen LogP contribution >= 0.6 is 15.9 Å². The minimum Gasteiger partial charge on any atom is -1.00 e. The number of benzene rings is 3. The Balaban J connectivity index is -0.000000424. The van der Waals surface area contributed by atoms with Gasteiger partial charge in [0.25, 0.3) is 6.47 Å². The standard InChI is InChI=1S/C14H16N2O3S.C13H14N2O3S.C8H10BrNO2S.C6H8BNO3.C2H6O.CH2O3.CH4.2K.H/c1-16(2)20(17,18)13-6-4-5-11(9-13)12-7-8-14(19-3)15-10-12;1-15(2)19(17,18)12-5-3-4-10(8-12)11-6-7-13(16)14-9-11;1-10(2)13(11,12)8-5-3-4-7(9)6-8;1-11-6-3-2-5(4-8-6)7(9)10;1-2-3;2-1-4-3;;;;/h4-10H,1-3H3;3-9H,1-2H3,(H,14,16);3-6H,1-2H3;2-4,9-10H,1H3;3H,2H2,1H3;1,3H;1H4;;;/q;;;;;;;2*+1;-1/p-1. The smallest absolute Gasteiger partial charge is 1.00 e. The van der Waals surface area contributed by atoms with Crippen LogP contribution < -0.4 is 129 Å². The second kappa shape index (κ2) is 38.0. The Morgan fingerprint density at radius 1 is 0.658 bits per heavy atom. The second-order valence-electron chi connectivity index (χ2n) is 13.9. The molecule has 390 valence electrons. The number of methoxy groups -OCH3 is 2. The van der Waals surface area contributed by atoms with Gasteiger partial charge in [-0.25, -0.2) is 48.1 Å². The van der Waals surface area contributed by atoms with Gasteiger partial charge in [-0.3, -0.25) is 9.59 Å². The number of aromatic nitrogens is 3. The molecule has 0 radical (unpaired) electrons. The zero-order valence-electron chi connectivity index (χ0n) is 42.6. The van der Waals surface area contributed by atoms with Crippen LogP contribution in [0.15, 0.2) is 152 Å². The molecule has 0 aliphatic rings. The molecule has 0 amide bonds. The molecule has 0 saturated heterocycles. The van der Waals surface area contributed by atoms with Crippen LogP contribution in [-0.4, -0.2) is 145 Å². The molecule has 0 bridgehead atoms. The number of pyridine rings is 3. The molecule has 3 heterocycles. The molecule has 28 heteroatoms. The molecule has 3 aromatic heterocycles. The molecule has 0 aliphatic carbocycles. The van der Waals surface area contributed by atoms with Crippen LogP contribution in [0.4, 0.5) is 0 Å². The molecule has 73 heavy (non-hydrogen) atoms. The quantitative estimate of drug-likeness (QED) is 0.0410. The fraction of sp³-hybridized carbons (Fsp3) is 0.244. The first kappa shape index (κ1) is 74.6. The van der Waals surface area contributed by atoms with E-state index in [0.717, 1.165) is 26.7 Å². The van der Waals surface area contributed by atoms with Crippen molar-refractivity contribution in [2.24, 2.45) is 0 Å². The van der Waals surface area contributed by atoms with Crippen LogP contribution in [0, 0.1) is 0 Å². The molecule has 0 unspecified atom stereocenters. The first-order chi connectivity index (χ1) is 32.9. The third kappa shape index (κ3) is 25.8. The van der Waals surface area contributed by atoms with E-state index in [2.05, 4.69) is 35.8 Å². The molecule has 0 aliphatic heterocycles. The molecular formula is C45H60BBrK2N6O15S3. The van der Waals surface area contributed by atoms with Crippen molar-refractivity contribution in [3.63, 3.8) is 0 Å². The summed E-state index contributed by atoms with van der Waals surface area (Å²) in [7, 11) is 0.417. The molecule has 6 aromatic rings. The Labute approximate surface area is 523 Å². The summed E-state index contributed by atoms with van der Waals surface area (Å²) in [5.41, 5.74) is 3.28. The molecule has 4 N–H and O–H groups in total. The van der Waals surface area contributed by atoms with E-state index < -0.39 is 37.2 Å². The predicted octanol–water partition coefficient (Wildman–Crippen LogP) is -3.04. The number of rotatable bonds is 12. The van der Waals surface area contributed by atoms with Crippen molar-refractivity contribution in [3.05, 3.63) is 143 Å². The Kier molecular flexibility index (Phi) is 38.8. The third-order valence-electron chi connectivity index (χ3n) is 8.50. The average molecular weight is 1190 g/mol. The second-order valence-corrected chi connectivity index (χ2v) is 21.3. The maximum atomic E-state index is 12.1. The van der Waals surface area contributed by atoms with E-state index in [1.807, 2.05) is 12.1 Å². The van der Waals surface area contributed by atoms with Crippen molar-refractivity contribution in [1.29, 1.82) is 0 Å². The van der Waals surface area contributed by atoms with Crippen molar-refractivity contribution < 1.29 is 169 Å². The Morgan fingerprint density at radius 3 is 1.36 bits per heavy atom. The fourth-order valence-electron chi connectivity index (χ4n) is 4.86. The SMILES string of the molecule is C.CCO.CN(C)S(=O)(=O)c1cccc(-c2ccc(=O)[nH]c2)c1.CN(C)S(=O)(=O)c1cccc(Br)c1.COc1ccc(-c2cccc(S(=O)(=O)N(C)C)c2)cn1.COc1ccc(B(O)O)cn1.O=CO[O-].[H-].[K+].[K+]. The van der Waals surface area contributed by atoms with Gasteiger partial charge in [-0.15, -0.1) is 0 Å². The van der Waals surface area contributed by atoms with Crippen molar-refractivity contribution in [2.45, 2.75) is 29.0 Å². The summed E-state index contributed by atoms with van der Waals surface area (Å²) in [6.07, 6.45) is 4.56. The van der Waals surface area contributed by atoms with E-state index in [4.69, 9.17) is 34.7 Å². The number of aliphatic hydroxyl groups excluding tert-OH is 1. The van der Waals surface area contributed by atoms with Crippen molar-refractivity contribution in [1.82, 2.24) is 27.9 Å². The van der Waals surface area contributed by atoms with Crippen LogP contribution in [-0.2, 0) is 39.8 Å². The molecule has 0 saturated carbocycles. The van der Waals surface area contributed by atoms with Crippen LogP contribution in [0.2, 0.25) is 0 Å². The Morgan fingerprint density at radius 2 is 1.04 bits per heavy atom. The van der Waals surface area contributed by atoms with Gasteiger partial charge in [-0.05, 0) is 84.3 Å². The van der Waals surface area contributed by atoms with E-state index in [1.54, 1.807) is 111 Å². The summed E-state index contributed by atoms with van der Waals surface area (Å²) >= 11 is 3.22. The van der Waals surface area contributed by atoms with E-state index in [1.165, 1.54) is 80.6 Å². The number of aliphatic hydroxyl groups is 1. The molecule has 0 atom stereocenters. The summed E-state index contributed by atoms with van der Waals surface area (Å²) < 4.78 is 85.5. The third-order valence-corrected chi connectivity index (χ3v) is 14.4. The number of H-pyrrole nitrogens is 1. The molecule has 6 rings (SSSR count). The topological polar surface area (TPSA) is 299 Å². The number of ether oxygens (including phenoxy) is 2. The number of nitrogens with one attached hydrogen (secondary N) is 1. The Hall–Kier alpha value is -2.63. The van der Waals surface area contributed by atoms with Crippen molar-refractivity contribution in [2.75, 3.05) is 63.1 Å². The van der Waals surface area contributed by atoms with Gasteiger partial charge < -0.3 is 41.2 Å². The normalized spacial score (nSPS) is 10.3. The number of sulfonamides is 3. The fourth-order valence-corrected chi connectivity index (χ4v) is 8.25. The number of carbonyl (C=O) groups is 1. The minimum atomic E-state index is -3.45. The van der Waals surface area contributed by atoms with Crippen LogP contribution in [0.3, 0.4) is 0 Å². The van der Waals surface area contributed by atoms with Gasteiger partial charge in [0.2, 0.25) is 47.4 Å². The van der Waals surface area contributed by atoms with E-state index >= 15 is 0 Å². The van der Waals surface area contributed by atoms with Crippen LogP contribution in [0.25, 0.3) is 22.3 Å². The number of carbonyl (C=O) groups excluding carboxylic acids is 1. The maximum Gasteiger partial charge on any atom is 1.00 e. The zero-order valence-corrected chi connectivity index (χ0v) is 51.8. The number of aromatic amines is 1. The number of nitrogens with zero attached hydrogens (tertiary/aromatic N) is 5. The maximum absolute atomic E-state index is 12.1. The summed E-state index contributed by atoms with van der Waals surface area (Å²) in [5, 5.41) is 33.3. The van der Waals surface area contributed by atoms with Gasteiger partial charge in [0.15, 0.2) is 0 Å². The van der Waals surface area contributed by atoms with E-state index in [-0.39, 0.29) is 140 Å². The van der Waals surface area contributed by atoms with Gasteiger partial charge in [0, 0.05) is 95.1 Å². The van der Waals surface area contributed by atoms with Crippen LogP contribution in [0.1, 0.15) is 15.8 Å². The van der Waals surface area contributed by atoms with Gasteiger partial charge in [0.1, 0.15) is 0 Å². The Bertz CT molecular complexity index is 2910. The predicted molar refractivity (Wildman–Crippen MR) is 274 cm³/mol. The largest absolute Gasteiger partial charge is 1.00 e. The molecule has 0 fully saturated rings. The summed E-state index contributed by atoms with van der Waals surface area (Å²) in [6.45, 7) is 1.75. The number of hydrogen-bond acceptors (Lipinski definition) is 17. The molecule has 3 aromatic carbocycles. The molecule has 0 spiro atoms. The molecular weight excluding hydrogens is 1130 g/mol. The number of hydrogen-bond donors (Lipinski definition) is 4. The first-order valence-electron chi connectivity index (χ1n) is 20.0.